The fourth-order valence-corrected chi connectivity index (χ4v) is 12.2. The first-order valence-electron chi connectivity index (χ1n) is 7.61. The molecule has 0 unspecified atom stereocenters. The Kier molecular flexibility index (Phi) is 10.6. The molecule has 35 heteroatoms. The molecule has 0 aromatic carbocycles. The van der Waals surface area contributed by atoms with Gasteiger partial charge < -0.3 is 0 Å². The molecule has 0 atom stereocenters. The minimum absolute atomic E-state index is 1.00. The summed E-state index contributed by atoms with van der Waals surface area (Å²) in [5, 5.41) is 0. The Balaban J connectivity index is 4.67. The molecule has 1 aliphatic rings. The van der Waals surface area contributed by atoms with E-state index in [1.54, 1.807) is 0 Å². The number of hydrogen-bond acceptors (Lipinski definition) is 10. The molecule has 0 amide bonds. The highest BCUT2D eigenvalue weighted by molar-refractivity contribution is 7.78. The fourth-order valence-electron chi connectivity index (χ4n) is 1.61. The molecule has 0 fully saturated rings. The summed E-state index contributed by atoms with van der Waals surface area (Å²) in [6.45, 7) is 0. The quantitative estimate of drug-likeness (QED) is 0.206. The van der Waals surface area contributed by atoms with Crippen molar-refractivity contribution in [2.45, 2.75) is 31.8 Å². The monoisotopic (exact) mass is 745 g/mol. The molecular formula is C5F20N5O5P5. The molecule has 1 aliphatic heterocycles. The van der Waals surface area contributed by atoms with Crippen LogP contribution in [0.15, 0.2) is 22.6 Å². The van der Waals surface area contributed by atoms with Crippen molar-refractivity contribution in [3.63, 3.8) is 0 Å². The maximum atomic E-state index is 14.8. The van der Waals surface area contributed by atoms with E-state index in [-0.39, 0.29) is 0 Å². The number of hydrogen-bond donors (Lipinski definition) is 0. The Bertz CT molecular complexity index is 993. The number of nitrogens with zero attached hydrogens (tertiary/aromatic N) is 5. The van der Waals surface area contributed by atoms with E-state index in [1.807, 2.05) is 0 Å². The van der Waals surface area contributed by atoms with Crippen molar-refractivity contribution >= 4 is 38.7 Å². The lowest BCUT2D eigenvalue weighted by Crippen LogP contribution is -2.13. The molecule has 240 valence electrons. The van der Waals surface area contributed by atoms with Crippen molar-refractivity contribution < 1.29 is 109 Å². The summed E-state index contributed by atoms with van der Waals surface area (Å²) >= 11 is 0. The van der Waals surface area contributed by atoms with Crippen LogP contribution in [0.1, 0.15) is 0 Å². The van der Waals surface area contributed by atoms with E-state index >= 15 is 0 Å². The summed E-state index contributed by atoms with van der Waals surface area (Å²) in [4.78, 5) is 0. The van der Waals surface area contributed by atoms with E-state index < -0.39 is 70.5 Å². The second kappa shape index (κ2) is 11.2. The summed E-state index contributed by atoms with van der Waals surface area (Å²) in [5.74, 6) is 0. The number of alkyl halides is 15. The molecule has 0 saturated carbocycles. The second-order valence-electron chi connectivity index (χ2n) is 5.50. The molecule has 0 N–H and O–H groups in total. The van der Waals surface area contributed by atoms with Gasteiger partial charge in [-0.05, 0) is 0 Å². The topological polar surface area (TPSA) is 108 Å². The first-order chi connectivity index (χ1) is 17.1. The van der Waals surface area contributed by atoms with E-state index in [1.165, 1.54) is 0 Å². The third-order valence-corrected chi connectivity index (χ3v) is 13.2. The predicted octanol–water partition coefficient (Wildman–Crippen LogP) is 12.3. The average molecular weight is 745 g/mol. The standard InChI is InChI=1S/C5F20N5O5P5/c6-1(7,8)31-36(21)26-37(22,32-2(9,10)11)28-39(24,34-4(15,16)17)30-40(25,35-5(18,19)20)29-38(23,27-36)33-3(12,13)14. The number of rotatable bonds is 5. The lowest BCUT2D eigenvalue weighted by atomic mass is 11.4. The second-order valence-corrected chi connectivity index (χ2v) is 14.7. The third kappa shape index (κ3) is 14.1. The van der Waals surface area contributed by atoms with Crippen LogP contribution in [0.5, 0.6) is 0 Å². The molecule has 0 bridgehead atoms. The highest BCUT2D eigenvalue weighted by atomic mass is 31.3. The zero-order chi connectivity index (χ0) is 32.1. The Morgan fingerprint density at radius 2 is 0.375 bits per heavy atom. The van der Waals surface area contributed by atoms with Gasteiger partial charge in [0.1, 0.15) is 0 Å². The summed E-state index contributed by atoms with van der Waals surface area (Å²) in [5.41, 5.74) is 0. The minimum atomic E-state index is -8.21. The molecule has 0 aliphatic carbocycles. The Labute approximate surface area is 203 Å². The van der Waals surface area contributed by atoms with Crippen molar-refractivity contribution in [3.05, 3.63) is 0 Å². The zero-order valence-corrected chi connectivity index (χ0v) is 21.0. The molecule has 1 rings (SSSR count). The Morgan fingerprint density at radius 3 is 0.450 bits per heavy atom. The lowest BCUT2D eigenvalue weighted by molar-refractivity contribution is -0.276. The van der Waals surface area contributed by atoms with Gasteiger partial charge in [0, 0.05) is 0 Å². The van der Waals surface area contributed by atoms with Crippen molar-refractivity contribution in [1.82, 2.24) is 0 Å². The summed E-state index contributed by atoms with van der Waals surface area (Å²) in [6.07, 6.45) is -34.3. The smallest absolute Gasteiger partial charge is 0.207 e. The van der Waals surface area contributed by atoms with E-state index in [0.717, 1.165) is 22.6 Å². The van der Waals surface area contributed by atoms with Crippen LogP contribution < -0.4 is 0 Å². The first-order valence-corrected chi connectivity index (χ1v) is 15.1. The van der Waals surface area contributed by atoms with Crippen LogP contribution in [0.2, 0.25) is 0 Å². The predicted molar refractivity (Wildman–Crippen MR) is 88.0 cm³/mol. The van der Waals surface area contributed by atoms with Gasteiger partial charge in [0.2, 0.25) is 0 Å². The largest absolute Gasteiger partial charge is 0.530 e. The van der Waals surface area contributed by atoms with Gasteiger partial charge in [0.05, 0.1) is 0 Å². The van der Waals surface area contributed by atoms with Crippen molar-refractivity contribution in [2.75, 3.05) is 0 Å². The average Bonchev–Trinajstić information content (AvgIpc) is 2.38. The highest BCUT2D eigenvalue weighted by Crippen LogP contribution is 2.84. The summed E-state index contributed by atoms with van der Waals surface area (Å²) in [7, 11) is -41.1. The molecule has 0 aromatic rings. The normalized spacial score (nSPS) is 35.0. The zero-order valence-electron chi connectivity index (χ0n) is 16.6. The SMILES string of the molecule is FC(F)(F)OP1(F)=NP(F)(OC(F)(F)F)=NP(F)(OC(F)(F)F)=NP(F)(OC(F)(F)F)=NP(F)(OC(F)(F)F)=N1. The van der Waals surface area contributed by atoms with Crippen molar-refractivity contribution in [1.29, 1.82) is 0 Å². The fraction of sp³-hybridized carbons (Fsp3) is 1.00. The molecule has 0 radical (unpaired) electrons. The lowest BCUT2D eigenvalue weighted by Gasteiger charge is -2.24. The maximum absolute atomic E-state index is 14.8. The molecule has 0 aromatic heterocycles. The van der Waals surface area contributed by atoms with Gasteiger partial charge in [-0.2, -0.15) is 21.0 Å². The molecule has 0 saturated heterocycles. The van der Waals surface area contributed by atoms with Crippen molar-refractivity contribution in [3.8, 4) is 0 Å². The van der Waals surface area contributed by atoms with Gasteiger partial charge in [0.15, 0.2) is 0 Å². The van der Waals surface area contributed by atoms with E-state index in [2.05, 4.69) is 22.6 Å². The molecular weight excluding hydrogens is 745 g/mol. The first kappa shape index (κ1) is 37.6. The van der Waals surface area contributed by atoms with Crippen LogP contribution in [0, 0.1) is 0 Å². The van der Waals surface area contributed by atoms with E-state index in [9.17, 15) is 86.8 Å². The van der Waals surface area contributed by atoms with Crippen LogP contribution in [-0.2, 0) is 22.6 Å². The Morgan fingerprint density at radius 1 is 0.275 bits per heavy atom. The van der Waals surface area contributed by atoms with Gasteiger partial charge in [-0.3, -0.25) is 0 Å². The van der Waals surface area contributed by atoms with E-state index in [0.29, 0.717) is 0 Å². The third-order valence-electron chi connectivity index (χ3n) is 2.20. The highest BCUT2D eigenvalue weighted by Gasteiger charge is 2.54. The molecule has 1 heterocycles. The Hall–Kier alpha value is -0.450. The van der Waals surface area contributed by atoms with Crippen LogP contribution in [0.25, 0.3) is 0 Å². The van der Waals surface area contributed by atoms with Gasteiger partial charge in [0.25, 0.3) is 0 Å². The van der Waals surface area contributed by atoms with Crippen LogP contribution in [0.4, 0.5) is 86.8 Å². The van der Waals surface area contributed by atoms with Crippen molar-refractivity contribution in [2.24, 2.45) is 22.6 Å². The van der Waals surface area contributed by atoms with E-state index in [4.69, 9.17) is 0 Å². The van der Waals surface area contributed by atoms with Gasteiger partial charge in [-0.25, -0.2) is 22.6 Å². The maximum Gasteiger partial charge on any atom is 0.530 e. The van der Waals surface area contributed by atoms with Gasteiger partial charge in [-0.15, -0.1) is 88.4 Å². The number of halogens is 20. The molecule has 40 heavy (non-hydrogen) atoms. The van der Waals surface area contributed by atoms with Crippen LogP contribution >= 0.6 is 38.7 Å². The molecule has 10 nitrogen and oxygen atoms in total. The summed E-state index contributed by atoms with van der Waals surface area (Å²) < 4.78 is 278. The van der Waals surface area contributed by atoms with Crippen LogP contribution in [-0.4, -0.2) is 31.8 Å². The minimum Gasteiger partial charge on any atom is -0.207 e. The van der Waals surface area contributed by atoms with Gasteiger partial charge in [-0.1, -0.05) is 0 Å². The summed E-state index contributed by atoms with van der Waals surface area (Å²) in [6, 6.07) is 0. The van der Waals surface area contributed by atoms with Crippen LogP contribution in [0.3, 0.4) is 0 Å². The molecule has 0 spiro atoms. The van der Waals surface area contributed by atoms with Gasteiger partial charge >= 0.3 is 70.5 Å².